The number of hydrogen-bond acceptors (Lipinski definition) is 3. The van der Waals surface area contributed by atoms with Crippen molar-refractivity contribution < 1.29 is 53.5 Å². The highest BCUT2D eigenvalue weighted by molar-refractivity contribution is 5.78. The Morgan fingerprint density at radius 1 is 0.919 bits per heavy atom. The SMILES string of the molecule is O=C(CC(F)(F)F)N1CC(F)(c2ccc(C3=CC(c4cccc(C(F)(F)F)c4)(C(F)(F)F)ON3)cc2)C1. The number of amides is 1. The maximum Gasteiger partial charge on any atom is 0.428 e. The number of carbonyl (C=O) groups is 1. The van der Waals surface area contributed by atoms with Crippen LogP contribution in [0.3, 0.4) is 0 Å². The molecule has 0 aromatic heterocycles. The summed E-state index contributed by atoms with van der Waals surface area (Å²) in [7, 11) is 0. The number of rotatable bonds is 4. The summed E-state index contributed by atoms with van der Waals surface area (Å²) < 4.78 is 134. The number of likely N-dealkylation sites (tertiary alicyclic amines) is 1. The Morgan fingerprint density at radius 2 is 1.54 bits per heavy atom. The minimum atomic E-state index is -5.17. The van der Waals surface area contributed by atoms with Gasteiger partial charge in [-0.05, 0) is 29.3 Å². The van der Waals surface area contributed by atoms with E-state index in [1.807, 2.05) is 0 Å². The normalized spacial score (nSPS) is 21.8. The Hall–Kier alpha value is -3.29. The van der Waals surface area contributed by atoms with Gasteiger partial charge in [0.25, 0.3) is 0 Å². The molecule has 2 heterocycles. The number of nitrogens with zero attached hydrogens (tertiary/aromatic N) is 1. The number of hydroxylamine groups is 1. The van der Waals surface area contributed by atoms with Crippen molar-refractivity contribution in [2.24, 2.45) is 0 Å². The minimum Gasteiger partial charge on any atom is -0.335 e. The summed E-state index contributed by atoms with van der Waals surface area (Å²) >= 11 is 0. The quantitative estimate of drug-likeness (QED) is 0.483. The highest BCUT2D eigenvalue weighted by Gasteiger charge is 2.60. The Kier molecular flexibility index (Phi) is 6.25. The van der Waals surface area contributed by atoms with Crippen molar-refractivity contribution in [2.75, 3.05) is 13.1 Å². The summed E-state index contributed by atoms with van der Waals surface area (Å²) in [4.78, 5) is 17.1. The van der Waals surface area contributed by atoms with Gasteiger partial charge in [0.2, 0.25) is 11.5 Å². The lowest BCUT2D eigenvalue weighted by atomic mass is 9.86. The van der Waals surface area contributed by atoms with Crippen LogP contribution < -0.4 is 5.48 Å². The predicted molar refractivity (Wildman–Crippen MR) is 108 cm³/mol. The first kappa shape index (κ1) is 26.8. The topological polar surface area (TPSA) is 41.6 Å². The third kappa shape index (κ3) is 5.11. The van der Waals surface area contributed by atoms with Gasteiger partial charge in [-0.2, -0.15) is 39.5 Å². The second kappa shape index (κ2) is 8.64. The summed E-state index contributed by atoms with van der Waals surface area (Å²) in [5.74, 6) is -1.28. The second-order valence-electron chi connectivity index (χ2n) is 8.66. The Balaban J connectivity index is 1.57. The van der Waals surface area contributed by atoms with Crippen molar-refractivity contribution in [3.63, 3.8) is 0 Å². The number of alkyl halides is 10. The summed E-state index contributed by atoms with van der Waals surface area (Å²) in [6, 6.07) is 7.37. The molecule has 1 fully saturated rings. The van der Waals surface area contributed by atoms with Gasteiger partial charge in [0.15, 0.2) is 5.67 Å². The lowest BCUT2D eigenvalue weighted by Gasteiger charge is -2.44. The standard InChI is InChI=1S/C23H16F10N2O2/c24-19(11-35(12-19)18(36)10-21(25,26)27)14-6-4-13(5-7-14)17-9-20(37-34-17,23(31,32)33)15-2-1-3-16(8-15)22(28,29)30/h1-9,34H,10-12H2. The molecule has 1 atom stereocenters. The van der Waals surface area contributed by atoms with E-state index in [9.17, 15) is 44.3 Å². The summed E-state index contributed by atoms with van der Waals surface area (Å²) in [5.41, 5.74) is -5.69. The maximum absolute atomic E-state index is 15.1. The molecule has 1 N–H and O–H groups in total. The molecule has 200 valence electrons. The average molecular weight is 542 g/mol. The zero-order valence-electron chi connectivity index (χ0n) is 18.4. The Bertz CT molecular complexity index is 1210. The lowest BCUT2D eigenvalue weighted by molar-refractivity contribution is -0.269. The van der Waals surface area contributed by atoms with Crippen LogP contribution in [0.15, 0.2) is 54.6 Å². The van der Waals surface area contributed by atoms with E-state index in [0.717, 1.165) is 12.1 Å². The molecule has 0 spiro atoms. The van der Waals surface area contributed by atoms with Crippen LogP contribution in [0.2, 0.25) is 0 Å². The molecule has 4 nitrogen and oxygen atoms in total. The van der Waals surface area contributed by atoms with Crippen LogP contribution in [-0.4, -0.2) is 36.2 Å². The molecule has 2 aromatic rings. The van der Waals surface area contributed by atoms with E-state index < -0.39 is 66.3 Å². The van der Waals surface area contributed by atoms with E-state index in [1.165, 1.54) is 24.3 Å². The Morgan fingerprint density at radius 3 is 2.08 bits per heavy atom. The van der Waals surface area contributed by atoms with Gasteiger partial charge in [0.05, 0.1) is 24.4 Å². The van der Waals surface area contributed by atoms with Crippen LogP contribution in [0, 0.1) is 0 Å². The third-order valence-corrected chi connectivity index (χ3v) is 6.01. The highest BCUT2D eigenvalue weighted by atomic mass is 19.4. The molecule has 1 amide bonds. The molecule has 2 aliphatic rings. The molecule has 0 bridgehead atoms. The van der Waals surface area contributed by atoms with Gasteiger partial charge in [-0.25, -0.2) is 4.39 Å². The molecule has 0 radical (unpaired) electrons. The maximum atomic E-state index is 15.1. The molecule has 14 heteroatoms. The summed E-state index contributed by atoms with van der Waals surface area (Å²) in [6.45, 7) is -1.25. The van der Waals surface area contributed by atoms with Crippen molar-refractivity contribution in [2.45, 2.75) is 36.2 Å². The molecule has 1 saturated heterocycles. The highest BCUT2D eigenvalue weighted by Crippen LogP contribution is 2.48. The van der Waals surface area contributed by atoms with Gasteiger partial charge in [-0.3, -0.25) is 15.1 Å². The van der Waals surface area contributed by atoms with Crippen LogP contribution in [0.4, 0.5) is 43.9 Å². The van der Waals surface area contributed by atoms with Crippen LogP contribution in [0.1, 0.15) is 28.7 Å². The van der Waals surface area contributed by atoms with Crippen molar-refractivity contribution >= 4 is 11.6 Å². The van der Waals surface area contributed by atoms with Crippen molar-refractivity contribution in [1.29, 1.82) is 0 Å². The van der Waals surface area contributed by atoms with E-state index >= 15 is 4.39 Å². The lowest BCUT2D eigenvalue weighted by Crippen LogP contribution is -2.59. The fraction of sp³-hybridized carbons (Fsp3) is 0.348. The molecule has 0 aliphatic carbocycles. The molecule has 37 heavy (non-hydrogen) atoms. The van der Waals surface area contributed by atoms with E-state index in [1.54, 1.807) is 0 Å². The van der Waals surface area contributed by atoms with Gasteiger partial charge >= 0.3 is 18.5 Å². The van der Waals surface area contributed by atoms with Gasteiger partial charge in [0.1, 0.15) is 6.42 Å². The van der Waals surface area contributed by atoms with Crippen LogP contribution in [0.25, 0.3) is 5.70 Å². The van der Waals surface area contributed by atoms with Gasteiger partial charge in [-0.15, -0.1) is 0 Å². The first-order valence-corrected chi connectivity index (χ1v) is 10.5. The molecule has 4 rings (SSSR count). The monoisotopic (exact) mass is 542 g/mol. The summed E-state index contributed by atoms with van der Waals surface area (Å²) in [6.07, 6.45) is -16.0. The molecule has 1 unspecified atom stereocenters. The Labute approximate surface area is 202 Å². The van der Waals surface area contributed by atoms with Crippen molar-refractivity contribution in [1.82, 2.24) is 10.4 Å². The molecule has 2 aromatic carbocycles. The van der Waals surface area contributed by atoms with Crippen LogP contribution in [0.5, 0.6) is 0 Å². The van der Waals surface area contributed by atoms with E-state index in [0.29, 0.717) is 23.1 Å². The molecular weight excluding hydrogens is 526 g/mol. The number of halogens is 10. The first-order chi connectivity index (χ1) is 16.9. The smallest absolute Gasteiger partial charge is 0.335 e. The summed E-state index contributed by atoms with van der Waals surface area (Å²) in [5, 5.41) is 0. The van der Waals surface area contributed by atoms with Crippen molar-refractivity contribution in [3.8, 4) is 0 Å². The average Bonchev–Trinajstić information content (AvgIpc) is 3.22. The minimum absolute atomic E-state index is 0.0215. The number of hydrogen-bond donors (Lipinski definition) is 1. The fourth-order valence-electron chi connectivity index (χ4n) is 4.06. The van der Waals surface area contributed by atoms with E-state index in [2.05, 4.69) is 5.48 Å². The van der Waals surface area contributed by atoms with Crippen LogP contribution in [-0.2, 0) is 27.1 Å². The molecular formula is C23H16F10N2O2. The largest absolute Gasteiger partial charge is 0.428 e. The third-order valence-electron chi connectivity index (χ3n) is 6.01. The van der Waals surface area contributed by atoms with Crippen LogP contribution >= 0.6 is 0 Å². The van der Waals surface area contributed by atoms with E-state index in [-0.39, 0.29) is 16.8 Å². The molecule has 0 saturated carbocycles. The number of benzene rings is 2. The van der Waals surface area contributed by atoms with E-state index in [4.69, 9.17) is 4.84 Å². The molecule has 2 aliphatic heterocycles. The number of carbonyl (C=O) groups excluding carboxylic acids is 1. The van der Waals surface area contributed by atoms with Crippen molar-refractivity contribution in [3.05, 3.63) is 76.9 Å². The number of nitrogens with one attached hydrogen (secondary N) is 1. The first-order valence-electron chi connectivity index (χ1n) is 10.5. The predicted octanol–water partition coefficient (Wildman–Crippen LogP) is 6.00. The van der Waals surface area contributed by atoms with Gasteiger partial charge in [0, 0.05) is 5.56 Å². The van der Waals surface area contributed by atoms with Gasteiger partial charge in [-0.1, -0.05) is 36.4 Å². The second-order valence-corrected chi connectivity index (χ2v) is 8.66. The zero-order valence-corrected chi connectivity index (χ0v) is 18.4. The fourth-order valence-corrected chi connectivity index (χ4v) is 4.06. The van der Waals surface area contributed by atoms with Gasteiger partial charge < -0.3 is 4.90 Å². The zero-order chi connectivity index (χ0) is 27.4.